The Kier molecular flexibility index (Phi) is 4.79. The molecule has 2 atom stereocenters. The number of hydrogen-bond donors (Lipinski definition) is 1. The lowest BCUT2D eigenvalue weighted by atomic mass is 9.97. The summed E-state index contributed by atoms with van der Waals surface area (Å²) in [6.45, 7) is 3.00. The first-order valence-electron chi connectivity index (χ1n) is 6.56. The van der Waals surface area contributed by atoms with Gasteiger partial charge in [0.05, 0.1) is 5.02 Å². The van der Waals surface area contributed by atoms with Crippen LogP contribution in [0, 0.1) is 5.82 Å². The van der Waals surface area contributed by atoms with Crippen molar-refractivity contribution in [1.82, 2.24) is 9.80 Å². The van der Waals surface area contributed by atoms with E-state index >= 15 is 0 Å². The molecule has 1 heterocycles. The lowest BCUT2D eigenvalue weighted by Crippen LogP contribution is -2.58. The Labute approximate surface area is 119 Å². The van der Waals surface area contributed by atoms with Gasteiger partial charge in [-0.3, -0.25) is 4.90 Å². The maximum Gasteiger partial charge on any atom is 0.142 e. The number of rotatable bonds is 3. The van der Waals surface area contributed by atoms with Crippen LogP contribution in [0.1, 0.15) is 5.56 Å². The number of benzene rings is 1. The summed E-state index contributed by atoms with van der Waals surface area (Å²) in [6.07, 6.45) is 0.597. The van der Waals surface area contributed by atoms with Crippen LogP contribution in [0.4, 0.5) is 4.39 Å². The van der Waals surface area contributed by atoms with Gasteiger partial charge in [0.2, 0.25) is 0 Å². The van der Waals surface area contributed by atoms with E-state index in [0.717, 1.165) is 25.2 Å². The molecular formula is C14H21ClFN3. The van der Waals surface area contributed by atoms with Crippen LogP contribution in [0.15, 0.2) is 18.2 Å². The molecule has 0 aliphatic carbocycles. The molecule has 2 N–H and O–H groups in total. The number of hydrogen-bond acceptors (Lipinski definition) is 3. The molecule has 0 radical (unpaired) electrons. The van der Waals surface area contributed by atoms with Crippen LogP contribution < -0.4 is 5.73 Å². The lowest BCUT2D eigenvalue weighted by molar-refractivity contribution is 0.0973. The van der Waals surface area contributed by atoms with Gasteiger partial charge in [-0.1, -0.05) is 23.7 Å². The van der Waals surface area contributed by atoms with Gasteiger partial charge in [-0.2, -0.15) is 0 Å². The average Bonchev–Trinajstić information content (AvgIpc) is 2.38. The molecule has 0 aromatic heterocycles. The van der Waals surface area contributed by atoms with Crippen LogP contribution in [0.2, 0.25) is 5.02 Å². The van der Waals surface area contributed by atoms with Gasteiger partial charge in [0.25, 0.3) is 0 Å². The SMILES string of the molecule is CN1CCN(C)C(C(N)Cc2cccc(F)c2Cl)C1. The van der Waals surface area contributed by atoms with Gasteiger partial charge in [0.15, 0.2) is 0 Å². The molecule has 0 bridgehead atoms. The third-order valence-electron chi connectivity index (χ3n) is 3.88. The van der Waals surface area contributed by atoms with E-state index in [0.29, 0.717) is 6.42 Å². The standard InChI is InChI=1S/C14H21ClFN3/c1-18-6-7-19(2)13(9-18)12(17)8-10-4-3-5-11(16)14(10)15/h3-5,12-13H,6-9,17H2,1-2H3. The maximum absolute atomic E-state index is 13.4. The Morgan fingerprint density at radius 3 is 2.89 bits per heavy atom. The number of nitrogens with two attached hydrogens (primary N) is 1. The van der Waals surface area contributed by atoms with E-state index < -0.39 is 0 Å². The second-order valence-corrected chi connectivity index (χ2v) is 5.77. The summed E-state index contributed by atoms with van der Waals surface area (Å²) in [6, 6.07) is 5.13. The van der Waals surface area contributed by atoms with Crippen molar-refractivity contribution >= 4 is 11.6 Å². The summed E-state index contributed by atoms with van der Waals surface area (Å²) < 4.78 is 13.4. The largest absolute Gasteiger partial charge is 0.326 e. The monoisotopic (exact) mass is 285 g/mol. The minimum Gasteiger partial charge on any atom is -0.326 e. The first-order valence-corrected chi connectivity index (χ1v) is 6.94. The molecule has 1 aromatic rings. The van der Waals surface area contributed by atoms with E-state index in [-0.39, 0.29) is 22.9 Å². The van der Waals surface area contributed by atoms with Crippen LogP contribution in [-0.2, 0) is 6.42 Å². The normalized spacial score (nSPS) is 23.5. The predicted molar refractivity (Wildman–Crippen MR) is 77.0 cm³/mol. The Morgan fingerprint density at radius 1 is 1.42 bits per heavy atom. The maximum atomic E-state index is 13.4. The van der Waals surface area contributed by atoms with E-state index in [4.69, 9.17) is 17.3 Å². The summed E-state index contributed by atoms with van der Waals surface area (Å²) in [4.78, 5) is 4.55. The molecule has 1 aliphatic rings. The van der Waals surface area contributed by atoms with Gasteiger partial charge in [0, 0.05) is 31.7 Å². The zero-order valence-corrected chi connectivity index (χ0v) is 12.2. The fourth-order valence-corrected chi connectivity index (χ4v) is 2.81. The van der Waals surface area contributed by atoms with E-state index in [1.807, 2.05) is 6.07 Å². The van der Waals surface area contributed by atoms with Gasteiger partial charge < -0.3 is 10.6 Å². The number of piperazine rings is 1. The van der Waals surface area contributed by atoms with Crippen LogP contribution in [0.5, 0.6) is 0 Å². The van der Waals surface area contributed by atoms with Crippen LogP contribution in [0.3, 0.4) is 0 Å². The van der Waals surface area contributed by atoms with Crippen molar-refractivity contribution in [2.75, 3.05) is 33.7 Å². The molecule has 1 fully saturated rings. The predicted octanol–water partition coefficient (Wildman–Crippen LogP) is 1.59. The van der Waals surface area contributed by atoms with Crippen molar-refractivity contribution in [1.29, 1.82) is 0 Å². The number of halogens is 2. The van der Waals surface area contributed by atoms with Crippen molar-refractivity contribution < 1.29 is 4.39 Å². The molecule has 2 rings (SSSR count). The molecular weight excluding hydrogens is 265 g/mol. The van der Waals surface area contributed by atoms with E-state index in [1.165, 1.54) is 6.07 Å². The zero-order chi connectivity index (χ0) is 14.0. The first kappa shape index (κ1) is 14.7. The summed E-state index contributed by atoms with van der Waals surface area (Å²) >= 11 is 5.99. The molecule has 0 saturated carbocycles. The summed E-state index contributed by atoms with van der Waals surface area (Å²) in [5.74, 6) is -0.375. The van der Waals surface area contributed by atoms with Crippen LogP contribution >= 0.6 is 11.6 Å². The fourth-order valence-electron chi connectivity index (χ4n) is 2.60. The number of likely N-dealkylation sites (N-methyl/N-ethyl adjacent to an activating group) is 2. The van der Waals surface area contributed by atoms with Crippen LogP contribution in [-0.4, -0.2) is 55.6 Å². The third kappa shape index (κ3) is 3.45. The third-order valence-corrected chi connectivity index (χ3v) is 4.30. The molecule has 19 heavy (non-hydrogen) atoms. The summed E-state index contributed by atoms with van der Waals surface area (Å²) in [7, 11) is 4.19. The second-order valence-electron chi connectivity index (χ2n) is 5.39. The molecule has 1 aliphatic heterocycles. The molecule has 0 amide bonds. The van der Waals surface area contributed by atoms with E-state index in [2.05, 4.69) is 23.9 Å². The van der Waals surface area contributed by atoms with Crippen molar-refractivity contribution in [2.24, 2.45) is 5.73 Å². The minimum atomic E-state index is -0.375. The van der Waals surface area contributed by atoms with Gasteiger partial charge >= 0.3 is 0 Å². The molecule has 3 nitrogen and oxygen atoms in total. The molecule has 2 unspecified atom stereocenters. The minimum absolute atomic E-state index is 0.0490. The highest BCUT2D eigenvalue weighted by Gasteiger charge is 2.28. The summed E-state index contributed by atoms with van der Waals surface area (Å²) in [5, 5.41) is 0.199. The van der Waals surface area contributed by atoms with Gasteiger partial charge in [-0.25, -0.2) is 4.39 Å². The Bertz CT molecular complexity index is 441. The van der Waals surface area contributed by atoms with Gasteiger partial charge in [-0.15, -0.1) is 0 Å². The van der Waals surface area contributed by atoms with Crippen molar-refractivity contribution in [3.8, 4) is 0 Å². The highest BCUT2D eigenvalue weighted by atomic mass is 35.5. The smallest absolute Gasteiger partial charge is 0.142 e. The highest BCUT2D eigenvalue weighted by Crippen LogP contribution is 2.22. The topological polar surface area (TPSA) is 32.5 Å². The molecule has 106 valence electrons. The molecule has 0 spiro atoms. The van der Waals surface area contributed by atoms with Crippen molar-refractivity contribution in [3.63, 3.8) is 0 Å². The Balaban J connectivity index is 2.07. The van der Waals surface area contributed by atoms with Crippen molar-refractivity contribution in [2.45, 2.75) is 18.5 Å². The van der Waals surface area contributed by atoms with Gasteiger partial charge in [0.1, 0.15) is 5.82 Å². The highest BCUT2D eigenvalue weighted by molar-refractivity contribution is 6.31. The van der Waals surface area contributed by atoms with E-state index in [1.54, 1.807) is 6.07 Å². The quantitative estimate of drug-likeness (QED) is 0.916. The number of nitrogens with zero attached hydrogens (tertiary/aromatic N) is 2. The van der Waals surface area contributed by atoms with Crippen molar-refractivity contribution in [3.05, 3.63) is 34.6 Å². The zero-order valence-electron chi connectivity index (χ0n) is 11.4. The van der Waals surface area contributed by atoms with Crippen LogP contribution in [0.25, 0.3) is 0 Å². The van der Waals surface area contributed by atoms with E-state index in [9.17, 15) is 4.39 Å². The first-order chi connectivity index (χ1) is 8.99. The fraction of sp³-hybridized carbons (Fsp3) is 0.571. The average molecular weight is 286 g/mol. The Morgan fingerprint density at radius 2 is 2.16 bits per heavy atom. The molecule has 1 aromatic carbocycles. The summed E-state index contributed by atoms with van der Waals surface area (Å²) in [5.41, 5.74) is 7.09. The molecule has 1 saturated heterocycles. The second kappa shape index (κ2) is 6.18. The lowest BCUT2D eigenvalue weighted by Gasteiger charge is -2.40. The van der Waals surface area contributed by atoms with Gasteiger partial charge in [-0.05, 0) is 32.1 Å². The Hall–Kier alpha value is -0.680. The molecule has 5 heteroatoms.